The summed E-state index contributed by atoms with van der Waals surface area (Å²) in [5.41, 5.74) is 2.48. The Morgan fingerprint density at radius 2 is 1.89 bits per heavy atom. The van der Waals surface area contributed by atoms with E-state index < -0.39 is 23.4 Å². The van der Waals surface area contributed by atoms with Crippen molar-refractivity contribution in [2.45, 2.75) is 24.9 Å². The van der Waals surface area contributed by atoms with Gasteiger partial charge in [0.25, 0.3) is 0 Å². The standard InChI is InChI=1S/C21H13F3N2OS/c22-21(23,24)14-7-8-17(26-11-14)16(10-25)19(27)18-9-13-6-5-12-3-1-2-4-15(12)20(13)28-18/h1-4,7-9,11,16H,5-6H2/t16-/m1/s1. The van der Waals surface area contributed by atoms with Gasteiger partial charge < -0.3 is 0 Å². The second-order valence-electron chi connectivity index (χ2n) is 6.52. The Kier molecular flexibility index (Phi) is 4.52. The summed E-state index contributed by atoms with van der Waals surface area (Å²) >= 11 is 1.32. The highest BCUT2D eigenvalue weighted by Crippen LogP contribution is 2.40. The average Bonchev–Trinajstić information content (AvgIpc) is 3.13. The van der Waals surface area contributed by atoms with Crippen molar-refractivity contribution in [3.8, 4) is 16.5 Å². The van der Waals surface area contributed by atoms with E-state index in [0.29, 0.717) is 11.1 Å². The summed E-state index contributed by atoms with van der Waals surface area (Å²) in [5.74, 6) is -1.68. The molecule has 0 amide bonds. The first-order valence-electron chi connectivity index (χ1n) is 8.56. The lowest BCUT2D eigenvalue weighted by Crippen LogP contribution is -2.13. The van der Waals surface area contributed by atoms with E-state index in [0.717, 1.165) is 41.0 Å². The van der Waals surface area contributed by atoms with Crippen molar-refractivity contribution in [1.29, 1.82) is 5.26 Å². The number of nitrogens with zero attached hydrogens (tertiary/aromatic N) is 2. The van der Waals surface area contributed by atoms with Crippen molar-refractivity contribution >= 4 is 17.1 Å². The number of carbonyl (C=O) groups is 1. The first-order valence-corrected chi connectivity index (χ1v) is 9.38. The Labute approximate surface area is 163 Å². The van der Waals surface area contributed by atoms with Crippen LogP contribution in [0, 0.1) is 11.3 Å². The number of pyridine rings is 1. The number of hydrogen-bond donors (Lipinski definition) is 0. The smallest absolute Gasteiger partial charge is 0.291 e. The molecule has 0 aliphatic heterocycles. The quantitative estimate of drug-likeness (QED) is 0.554. The highest BCUT2D eigenvalue weighted by molar-refractivity contribution is 7.17. The number of rotatable bonds is 3. The Morgan fingerprint density at radius 3 is 2.57 bits per heavy atom. The van der Waals surface area contributed by atoms with Crippen LogP contribution in [0.3, 0.4) is 0 Å². The predicted molar refractivity (Wildman–Crippen MR) is 99.1 cm³/mol. The van der Waals surface area contributed by atoms with E-state index in [9.17, 15) is 23.2 Å². The lowest BCUT2D eigenvalue weighted by Gasteiger charge is -2.15. The minimum absolute atomic E-state index is 0.0206. The van der Waals surface area contributed by atoms with E-state index in [4.69, 9.17) is 0 Å². The molecule has 0 bridgehead atoms. The summed E-state index contributed by atoms with van der Waals surface area (Å²) in [6, 6.07) is 13.6. The van der Waals surface area contributed by atoms with Crippen molar-refractivity contribution in [3.63, 3.8) is 0 Å². The molecule has 2 heterocycles. The maximum atomic E-state index is 12.9. The number of aromatic nitrogens is 1. The molecule has 0 fully saturated rings. The number of Topliss-reactive ketones (excluding diaryl/α,β-unsaturated/α-hetero) is 1. The molecule has 140 valence electrons. The summed E-state index contributed by atoms with van der Waals surface area (Å²) in [6.07, 6.45) is -2.16. The van der Waals surface area contributed by atoms with Crippen LogP contribution in [-0.2, 0) is 19.0 Å². The summed E-state index contributed by atoms with van der Waals surface area (Å²) < 4.78 is 38.1. The zero-order valence-electron chi connectivity index (χ0n) is 14.5. The number of nitriles is 1. The molecule has 0 spiro atoms. The van der Waals surface area contributed by atoms with Gasteiger partial charge in [0, 0.05) is 11.1 Å². The molecule has 3 aromatic rings. The zero-order chi connectivity index (χ0) is 19.9. The number of thiophene rings is 1. The van der Waals surface area contributed by atoms with E-state index in [-0.39, 0.29) is 5.69 Å². The highest BCUT2D eigenvalue weighted by atomic mass is 32.1. The van der Waals surface area contributed by atoms with Gasteiger partial charge in [-0.1, -0.05) is 24.3 Å². The second-order valence-corrected chi connectivity index (χ2v) is 7.57. The maximum Gasteiger partial charge on any atom is 0.417 e. The minimum Gasteiger partial charge on any atom is -0.291 e. The fourth-order valence-electron chi connectivity index (χ4n) is 3.34. The number of benzene rings is 1. The monoisotopic (exact) mass is 398 g/mol. The third-order valence-electron chi connectivity index (χ3n) is 4.78. The molecule has 0 saturated carbocycles. The van der Waals surface area contributed by atoms with Crippen LogP contribution >= 0.6 is 11.3 Å². The maximum absolute atomic E-state index is 12.9. The van der Waals surface area contributed by atoms with Gasteiger partial charge in [-0.05, 0) is 47.7 Å². The summed E-state index contributed by atoms with van der Waals surface area (Å²) in [6.45, 7) is 0. The lowest BCUT2D eigenvalue weighted by atomic mass is 9.91. The molecule has 0 N–H and O–H groups in total. The average molecular weight is 398 g/mol. The number of halogens is 3. The Balaban J connectivity index is 1.66. The predicted octanol–water partition coefficient (Wildman–Crippen LogP) is 5.42. The van der Waals surface area contributed by atoms with E-state index in [1.165, 1.54) is 16.9 Å². The molecule has 4 rings (SSSR count). The number of fused-ring (bicyclic) bond motifs is 3. The van der Waals surface area contributed by atoms with Gasteiger partial charge in [-0.25, -0.2) is 0 Å². The van der Waals surface area contributed by atoms with Crippen LogP contribution in [-0.4, -0.2) is 10.8 Å². The van der Waals surface area contributed by atoms with E-state index in [1.807, 2.05) is 24.3 Å². The molecule has 1 aromatic carbocycles. The third-order valence-corrected chi connectivity index (χ3v) is 6.00. The van der Waals surface area contributed by atoms with Crippen molar-refractivity contribution < 1.29 is 18.0 Å². The molecule has 2 aromatic heterocycles. The molecule has 1 atom stereocenters. The molecular formula is C21H13F3N2OS. The van der Waals surface area contributed by atoms with Gasteiger partial charge in [0.05, 0.1) is 22.2 Å². The number of hydrogen-bond acceptors (Lipinski definition) is 4. The first-order chi connectivity index (χ1) is 13.4. The van der Waals surface area contributed by atoms with Crippen LogP contribution in [0.15, 0.2) is 48.7 Å². The summed E-state index contributed by atoms with van der Waals surface area (Å²) in [4.78, 5) is 18.1. The molecule has 7 heteroatoms. The SMILES string of the molecule is N#C[C@@H](C(=O)c1cc2c(s1)-c1ccccc1CC2)c1ccc(C(F)(F)F)cn1. The molecule has 1 aliphatic rings. The van der Waals surface area contributed by atoms with Crippen LogP contribution < -0.4 is 0 Å². The van der Waals surface area contributed by atoms with Crippen molar-refractivity contribution in [2.24, 2.45) is 0 Å². The Bertz CT molecular complexity index is 1090. The molecule has 28 heavy (non-hydrogen) atoms. The number of carbonyl (C=O) groups excluding carboxylic acids is 1. The largest absolute Gasteiger partial charge is 0.417 e. The molecule has 1 aliphatic carbocycles. The van der Waals surface area contributed by atoms with Crippen LogP contribution in [0.5, 0.6) is 0 Å². The van der Waals surface area contributed by atoms with Gasteiger partial charge in [-0.2, -0.15) is 18.4 Å². The zero-order valence-corrected chi connectivity index (χ0v) is 15.3. The molecule has 3 nitrogen and oxygen atoms in total. The van der Waals surface area contributed by atoms with Crippen LogP contribution in [0.25, 0.3) is 10.4 Å². The van der Waals surface area contributed by atoms with E-state index in [2.05, 4.69) is 11.1 Å². The topological polar surface area (TPSA) is 53.8 Å². The summed E-state index contributed by atoms with van der Waals surface area (Å²) in [5, 5.41) is 9.47. The van der Waals surface area contributed by atoms with Crippen LogP contribution in [0.2, 0.25) is 0 Å². The number of ketones is 1. The fraction of sp³-hybridized carbons (Fsp3) is 0.190. The first kappa shape index (κ1) is 18.4. The van der Waals surface area contributed by atoms with Gasteiger partial charge in [-0.3, -0.25) is 9.78 Å². The summed E-state index contributed by atoms with van der Waals surface area (Å²) in [7, 11) is 0. The van der Waals surface area contributed by atoms with Crippen molar-refractivity contribution in [2.75, 3.05) is 0 Å². The molecule has 0 unspecified atom stereocenters. The molecule has 0 radical (unpaired) electrons. The number of aryl methyl sites for hydroxylation is 2. The van der Waals surface area contributed by atoms with Crippen molar-refractivity contribution in [3.05, 3.63) is 75.9 Å². The third kappa shape index (κ3) is 3.20. The van der Waals surface area contributed by atoms with Gasteiger partial charge in [0.15, 0.2) is 11.7 Å². The minimum atomic E-state index is -4.52. The Morgan fingerprint density at radius 1 is 1.14 bits per heavy atom. The van der Waals surface area contributed by atoms with Crippen molar-refractivity contribution in [1.82, 2.24) is 4.98 Å². The van der Waals surface area contributed by atoms with E-state index in [1.54, 1.807) is 6.07 Å². The highest BCUT2D eigenvalue weighted by Gasteiger charge is 2.32. The van der Waals surface area contributed by atoms with Crippen LogP contribution in [0.1, 0.15) is 38.0 Å². The fourth-order valence-corrected chi connectivity index (χ4v) is 4.58. The van der Waals surface area contributed by atoms with Crippen LogP contribution in [0.4, 0.5) is 13.2 Å². The van der Waals surface area contributed by atoms with Gasteiger partial charge in [0.2, 0.25) is 0 Å². The lowest BCUT2D eigenvalue weighted by molar-refractivity contribution is -0.137. The normalized spacial score (nSPS) is 13.9. The van der Waals surface area contributed by atoms with Gasteiger partial charge in [-0.15, -0.1) is 11.3 Å². The number of alkyl halides is 3. The molecule has 0 saturated heterocycles. The van der Waals surface area contributed by atoms with E-state index >= 15 is 0 Å². The second kappa shape index (κ2) is 6.88. The van der Waals surface area contributed by atoms with Gasteiger partial charge in [0.1, 0.15) is 0 Å². The van der Waals surface area contributed by atoms with Gasteiger partial charge >= 0.3 is 6.18 Å². The Hall–Kier alpha value is -2.98. The molecular weight excluding hydrogens is 385 g/mol.